The topological polar surface area (TPSA) is 168 Å². The van der Waals surface area contributed by atoms with E-state index in [1.54, 1.807) is 48.5 Å². The van der Waals surface area contributed by atoms with Crippen molar-refractivity contribution in [2.45, 2.75) is 64.7 Å². The molecule has 14 nitrogen and oxygen atoms in total. The highest BCUT2D eigenvalue weighted by Gasteiger charge is 2.53. The van der Waals surface area contributed by atoms with E-state index in [9.17, 15) is 23.7 Å². The van der Waals surface area contributed by atoms with Gasteiger partial charge in [0.1, 0.15) is 12.7 Å². The molecule has 1 aliphatic heterocycles. The van der Waals surface area contributed by atoms with Crippen molar-refractivity contribution in [2.75, 3.05) is 20.3 Å². The fourth-order valence-electron chi connectivity index (χ4n) is 4.06. The normalized spacial score (nSPS) is 21.6. The van der Waals surface area contributed by atoms with Gasteiger partial charge in [-0.1, -0.05) is 60.7 Å². The maximum absolute atomic E-state index is 13.9. The first-order chi connectivity index (χ1) is 21.0. The van der Waals surface area contributed by atoms with Crippen molar-refractivity contribution in [3.8, 4) is 0 Å². The minimum Gasteiger partial charge on any atom is -0.467 e. The molecule has 1 heterocycles. The molecule has 0 aromatic heterocycles. The predicted molar refractivity (Wildman–Crippen MR) is 149 cm³/mol. The molecule has 0 saturated carbocycles. The third-order valence-electron chi connectivity index (χ3n) is 5.95. The molecule has 5 atom stereocenters. The monoisotopic (exact) mass is 638 g/mol. The largest absolute Gasteiger partial charge is 0.475 e. The lowest BCUT2D eigenvalue weighted by atomic mass is 9.98. The molecule has 0 spiro atoms. The Balaban J connectivity index is 1.90. The van der Waals surface area contributed by atoms with E-state index in [4.69, 9.17) is 37.3 Å². The SMILES string of the molecule is COC(=O)CO[C@@H]1OC(COP(=O)(OCc2ccccc2)OCc2ccccc2)[C@H](OC(C)=O)[C@H](OC(C)=O)C1OC(C)=O. The third kappa shape index (κ3) is 11.1. The van der Waals surface area contributed by atoms with E-state index >= 15 is 0 Å². The van der Waals surface area contributed by atoms with Crippen LogP contribution in [0.2, 0.25) is 0 Å². The van der Waals surface area contributed by atoms with Crippen molar-refractivity contribution in [1.29, 1.82) is 0 Å². The van der Waals surface area contributed by atoms with Crippen molar-refractivity contribution in [2.24, 2.45) is 0 Å². The standard InChI is InChI=1S/C29H35O14P/c1-19(30)40-26-24(43-29(36-18-25(33)35-4)28(42-21(3)32)27(26)41-20(2)31)17-39-44(34,37-15-22-11-7-5-8-12-22)38-16-23-13-9-6-10-14-23/h5-14,24,26-29H,15-18H2,1-4H3/t24?,26-,27-,28?,29+/m0/s1. The Morgan fingerprint density at radius 2 is 1.18 bits per heavy atom. The lowest BCUT2D eigenvalue weighted by molar-refractivity contribution is -0.306. The van der Waals surface area contributed by atoms with Crippen LogP contribution in [0.5, 0.6) is 0 Å². The van der Waals surface area contributed by atoms with Crippen molar-refractivity contribution < 1.29 is 65.7 Å². The smallest absolute Gasteiger partial charge is 0.467 e. The molecule has 1 fully saturated rings. The summed E-state index contributed by atoms with van der Waals surface area (Å²) in [4.78, 5) is 48.0. The summed E-state index contributed by atoms with van der Waals surface area (Å²) in [6.07, 6.45) is -7.32. The lowest BCUT2D eigenvalue weighted by Gasteiger charge is -2.44. The molecule has 240 valence electrons. The average Bonchev–Trinajstić information content (AvgIpc) is 3.00. The molecule has 0 bridgehead atoms. The van der Waals surface area contributed by atoms with Crippen LogP contribution >= 0.6 is 7.82 Å². The molecular weight excluding hydrogens is 603 g/mol. The van der Waals surface area contributed by atoms with E-state index in [1.807, 2.05) is 12.1 Å². The first-order valence-electron chi connectivity index (χ1n) is 13.5. The highest BCUT2D eigenvalue weighted by Crippen LogP contribution is 2.51. The van der Waals surface area contributed by atoms with Gasteiger partial charge >= 0.3 is 31.7 Å². The van der Waals surface area contributed by atoms with Crippen LogP contribution in [0.4, 0.5) is 0 Å². The van der Waals surface area contributed by atoms with Crippen LogP contribution in [0.25, 0.3) is 0 Å². The van der Waals surface area contributed by atoms with Gasteiger partial charge in [0.05, 0.1) is 26.9 Å². The van der Waals surface area contributed by atoms with Gasteiger partial charge in [-0.25, -0.2) is 9.36 Å². The van der Waals surface area contributed by atoms with E-state index in [2.05, 4.69) is 4.74 Å². The Morgan fingerprint density at radius 1 is 0.705 bits per heavy atom. The van der Waals surface area contributed by atoms with Crippen LogP contribution in [0.1, 0.15) is 31.9 Å². The molecular formula is C29H35O14P. The second-order valence-electron chi connectivity index (χ2n) is 9.41. The van der Waals surface area contributed by atoms with Gasteiger partial charge in [-0.15, -0.1) is 0 Å². The molecule has 0 radical (unpaired) electrons. The van der Waals surface area contributed by atoms with Crippen molar-refractivity contribution in [1.82, 2.24) is 0 Å². The second kappa shape index (κ2) is 17.0. The minimum atomic E-state index is -4.35. The molecule has 0 N–H and O–H groups in total. The van der Waals surface area contributed by atoms with E-state index in [0.29, 0.717) is 11.1 Å². The highest BCUT2D eigenvalue weighted by atomic mass is 31.2. The number of carbonyl (C=O) groups is 4. The van der Waals surface area contributed by atoms with Gasteiger partial charge in [0, 0.05) is 20.8 Å². The molecule has 1 aliphatic rings. The fraction of sp³-hybridized carbons (Fsp3) is 0.448. The van der Waals surface area contributed by atoms with Crippen LogP contribution in [0.3, 0.4) is 0 Å². The van der Waals surface area contributed by atoms with Crippen molar-refractivity contribution in [3.05, 3.63) is 71.8 Å². The zero-order valence-electron chi connectivity index (χ0n) is 24.7. The number of phosphoric acid groups is 1. The number of esters is 4. The van der Waals surface area contributed by atoms with Crippen LogP contribution < -0.4 is 0 Å². The third-order valence-corrected chi connectivity index (χ3v) is 7.31. The lowest BCUT2D eigenvalue weighted by Crippen LogP contribution is -2.63. The summed E-state index contributed by atoms with van der Waals surface area (Å²) in [6.45, 7) is 1.74. The maximum Gasteiger partial charge on any atom is 0.475 e. The molecule has 2 aromatic carbocycles. The second-order valence-corrected chi connectivity index (χ2v) is 11.1. The van der Waals surface area contributed by atoms with E-state index in [1.165, 1.54) is 0 Å². The number of methoxy groups -OCH3 is 1. The van der Waals surface area contributed by atoms with Crippen LogP contribution in [0, 0.1) is 0 Å². The fourth-order valence-corrected chi connectivity index (χ4v) is 5.23. The molecule has 44 heavy (non-hydrogen) atoms. The molecule has 2 aromatic rings. The summed E-state index contributed by atoms with van der Waals surface area (Å²) in [5.74, 6) is -3.23. The van der Waals surface area contributed by atoms with Gasteiger partial charge in [0.2, 0.25) is 0 Å². The number of ether oxygens (including phenoxy) is 6. The maximum atomic E-state index is 13.9. The highest BCUT2D eigenvalue weighted by molar-refractivity contribution is 7.48. The zero-order chi connectivity index (χ0) is 32.1. The Hall–Kier alpha value is -3.65. The number of phosphoric ester groups is 1. The summed E-state index contributed by atoms with van der Waals surface area (Å²) >= 11 is 0. The number of hydrogen-bond acceptors (Lipinski definition) is 14. The van der Waals surface area contributed by atoms with Gasteiger partial charge in [0.15, 0.2) is 24.6 Å². The average molecular weight is 639 g/mol. The van der Waals surface area contributed by atoms with Crippen LogP contribution in [-0.4, -0.2) is 74.9 Å². The van der Waals surface area contributed by atoms with Crippen molar-refractivity contribution >= 4 is 31.7 Å². The Bertz CT molecular complexity index is 1240. The van der Waals surface area contributed by atoms with Gasteiger partial charge in [0.25, 0.3) is 0 Å². The Morgan fingerprint density at radius 3 is 1.66 bits per heavy atom. The summed E-state index contributed by atoms with van der Waals surface area (Å²) in [6, 6.07) is 17.7. The van der Waals surface area contributed by atoms with Gasteiger partial charge in [-0.3, -0.25) is 28.0 Å². The van der Waals surface area contributed by atoms with Crippen LogP contribution in [0.15, 0.2) is 60.7 Å². The van der Waals surface area contributed by atoms with E-state index in [-0.39, 0.29) is 13.2 Å². The molecule has 3 rings (SSSR count). The first-order valence-corrected chi connectivity index (χ1v) is 14.9. The quantitative estimate of drug-likeness (QED) is 0.158. The summed E-state index contributed by atoms with van der Waals surface area (Å²) < 4.78 is 62.9. The number of carbonyl (C=O) groups excluding carboxylic acids is 4. The number of rotatable bonds is 15. The van der Waals surface area contributed by atoms with Gasteiger partial charge in [-0.2, -0.15) is 0 Å². The van der Waals surface area contributed by atoms with E-state index in [0.717, 1.165) is 27.9 Å². The number of benzene rings is 2. The molecule has 0 amide bonds. The Labute approximate surface area is 254 Å². The summed E-state index contributed by atoms with van der Waals surface area (Å²) in [5, 5.41) is 0. The van der Waals surface area contributed by atoms with Crippen LogP contribution in [-0.2, 0) is 78.9 Å². The molecule has 2 unspecified atom stereocenters. The van der Waals surface area contributed by atoms with Gasteiger partial charge < -0.3 is 28.4 Å². The first kappa shape index (κ1) is 34.8. The Kier molecular flexibility index (Phi) is 13.5. The minimum absolute atomic E-state index is 0.138. The summed E-state index contributed by atoms with van der Waals surface area (Å²) in [7, 11) is -3.21. The zero-order valence-corrected chi connectivity index (χ0v) is 25.5. The van der Waals surface area contributed by atoms with E-state index < -0.39 is 75.6 Å². The van der Waals surface area contributed by atoms with Crippen molar-refractivity contribution in [3.63, 3.8) is 0 Å². The molecule has 0 aliphatic carbocycles. The predicted octanol–water partition coefficient (Wildman–Crippen LogP) is 3.25. The van der Waals surface area contributed by atoms with Gasteiger partial charge in [-0.05, 0) is 11.1 Å². The summed E-state index contributed by atoms with van der Waals surface area (Å²) in [5.41, 5.74) is 1.36. The number of hydrogen-bond donors (Lipinski definition) is 0. The molecule has 1 saturated heterocycles. The molecule has 15 heteroatoms.